The molecule has 0 radical (unpaired) electrons. The molecule has 1 unspecified atom stereocenters. The molecule has 2 rings (SSSR count). The quantitative estimate of drug-likeness (QED) is 0.648. The summed E-state index contributed by atoms with van der Waals surface area (Å²) in [7, 11) is 0. The summed E-state index contributed by atoms with van der Waals surface area (Å²) in [6, 6.07) is 7.68. The molecule has 2 amide bonds. The molecule has 26 heavy (non-hydrogen) atoms. The van der Waals surface area contributed by atoms with Gasteiger partial charge in [-0.25, -0.2) is 0 Å². The van der Waals surface area contributed by atoms with Gasteiger partial charge in [0.05, 0.1) is 17.0 Å². The minimum atomic E-state index is -0.0806. The first-order valence-corrected chi connectivity index (χ1v) is 10.2. The van der Waals surface area contributed by atoms with Crippen LogP contribution in [0.2, 0.25) is 0 Å². The van der Waals surface area contributed by atoms with Crippen molar-refractivity contribution in [3.8, 4) is 5.75 Å². The number of hydrogen-bond donors (Lipinski definition) is 1. The van der Waals surface area contributed by atoms with Gasteiger partial charge >= 0.3 is 0 Å². The van der Waals surface area contributed by atoms with E-state index < -0.39 is 0 Å². The van der Waals surface area contributed by atoms with Crippen LogP contribution in [0.25, 0.3) is 0 Å². The molecule has 1 aromatic rings. The molecular formula is C20H29BrN2O3. The normalized spacial score (nSPS) is 17.2. The molecule has 0 bridgehead atoms. The Morgan fingerprint density at radius 2 is 2.12 bits per heavy atom. The van der Waals surface area contributed by atoms with Crippen LogP contribution in [0.4, 0.5) is 0 Å². The lowest BCUT2D eigenvalue weighted by Crippen LogP contribution is -2.46. The standard InChI is InChI=1S/C20H29BrN2O3/c1-15(2)13-22-20(25)16-7-5-11-23(14-16)19(24)10-6-12-26-18-9-4-3-8-17(18)21/h3-4,8-9,15-16H,5-7,10-14H2,1-2H3,(H,22,25). The first-order valence-electron chi connectivity index (χ1n) is 9.40. The minimum absolute atomic E-state index is 0.0773. The molecule has 1 saturated heterocycles. The van der Waals surface area contributed by atoms with E-state index in [2.05, 4.69) is 35.1 Å². The largest absolute Gasteiger partial charge is 0.492 e. The van der Waals surface area contributed by atoms with Crippen LogP contribution in [0, 0.1) is 11.8 Å². The Morgan fingerprint density at radius 3 is 2.85 bits per heavy atom. The molecule has 5 nitrogen and oxygen atoms in total. The number of likely N-dealkylation sites (tertiary alicyclic amines) is 1. The Kier molecular flexibility index (Phi) is 8.42. The summed E-state index contributed by atoms with van der Waals surface area (Å²) in [5.74, 6) is 1.34. The Morgan fingerprint density at radius 1 is 1.35 bits per heavy atom. The third-order valence-corrected chi connectivity index (χ3v) is 5.11. The summed E-state index contributed by atoms with van der Waals surface area (Å²) < 4.78 is 6.62. The maximum Gasteiger partial charge on any atom is 0.224 e. The first-order chi connectivity index (χ1) is 12.5. The van der Waals surface area contributed by atoms with E-state index in [-0.39, 0.29) is 17.7 Å². The second kappa shape index (κ2) is 10.6. The Bertz CT molecular complexity index is 606. The van der Waals surface area contributed by atoms with Crippen LogP contribution in [-0.2, 0) is 9.59 Å². The number of para-hydroxylation sites is 1. The third-order valence-electron chi connectivity index (χ3n) is 4.46. The zero-order chi connectivity index (χ0) is 18.9. The lowest BCUT2D eigenvalue weighted by Gasteiger charge is -2.32. The van der Waals surface area contributed by atoms with Crippen molar-refractivity contribution in [3.05, 3.63) is 28.7 Å². The second-order valence-corrected chi connectivity index (χ2v) is 8.05. The molecule has 1 aromatic carbocycles. The summed E-state index contributed by atoms with van der Waals surface area (Å²) >= 11 is 3.44. The predicted octanol–water partition coefficient (Wildman–Crippen LogP) is 3.62. The van der Waals surface area contributed by atoms with Gasteiger partial charge in [-0.15, -0.1) is 0 Å². The van der Waals surface area contributed by atoms with Gasteiger partial charge < -0.3 is 15.0 Å². The van der Waals surface area contributed by atoms with Gasteiger partial charge in [0.2, 0.25) is 11.8 Å². The zero-order valence-corrected chi connectivity index (χ0v) is 17.3. The Labute approximate surface area is 164 Å². The Balaban J connectivity index is 1.71. The average Bonchev–Trinajstić information content (AvgIpc) is 2.64. The van der Waals surface area contributed by atoms with E-state index in [1.807, 2.05) is 29.2 Å². The van der Waals surface area contributed by atoms with Crippen LogP contribution in [-0.4, -0.2) is 43.0 Å². The summed E-state index contributed by atoms with van der Waals surface area (Å²) in [4.78, 5) is 26.5. The number of nitrogens with zero attached hydrogens (tertiary/aromatic N) is 1. The molecule has 0 spiro atoms. The number of ether oxygens (including phenoxy) is 1. The van der Waals surface area contributed by atoms with E-state index in [0.29, 0.717) is 38.5 Å². The van der Waals surface area contributed by atoms with Gasteiger partial charge in [0.1, 0.15) is 5.75 Å². The highest BCUT2D eigenvalue weighted by molar-refractivity contribution is 9.10. The van der Waals surface area contributed by atoms with Crippen LogP contribution in [0.3, 0.4) is 0 Å². The first kappa shape index (κ1) is 20.7. The van der Waals surface area contributed by atoms with Crippen molar-refractivity contribution in [3.63, 3.8) is 0 Å². The predicted molar refractivity (Wildman–Crippen MR) is 106 cm³/mol. The summed E-state index contributed by atoms with van der Waals surface area (Å²) in [5, 5.41) is 2.99. The van der Waals surface area contributed by atoms with Crippen molar-refractivity contribution in [1.29, 1.82) is 0 Å². The van der Waals surface area contributed by atoms with Gasteiger partial charge in [-0.1, -0.05) is 26.0 Å². The molecule has 1 atom stereocenters. The van der Waals surface area contributed by atoms with Crippen molar-refractivity contribution < 1.29 is 14.3 Å². The molecule has 0 aromatic heterocycles. The molecule has 0 saturated carbocycles. The van der Waals surface area contributed by atoms with Gasteiger partial charge in [-0.2, -0.15) is 0 Å². The number of piperidine rings is 1. The fourth-order valence-corrected chi connectivity index (χ4v) is 3.39. The summed E-state index contributed by atoms with van der Waals surface area (Å²) in [6.45, 7) is 6.63. The van der Waals surface area contributed by atoms with Crippen molar-refractivity contribution in [2.75, 3.05) is 26.2 Å². The van der Waals surface area contributed by atoms with Crippen molar-refractivity contribution in [2.24, 2.45) is 11.8 Å². The molecule has 1 aliphatic heterocycles. The highest BCUT2D eigenvalue weighted by Crippen LogP contribution is 2.24. The van der Waals surface area contributed by atoms with E-state index in [4.69, 9.17) is 4.74 Å². The van der Waals surface area contributed by atoms with Crippen molar-refractivity contribution in [2.45, 2.75) is 39.5 Å². The third kappa shape index (κ3) is 6.63. The van der Waals surface area contributed by atoms with Gasteiger partial charge in [0, 0.05) is 26.1 Å². The molecule has 1 fully saturated rings. The van der Waals surface area contributed by atoms with Gasteiger partial charge in [0.15, 0.2) is 0 Å². The van der Waals surface area contributed by atoms with E-state index in [1.165, 1.54) is 0 Å². The van der Waals surface area contributed by atoms with Crippen LogP contribution < -0.4 is 10.1 Å². The minimum Gasteiger partial charge on any atom is -0.492 e. The van der Waals surface area contributed by atoms with Gasteiger partial charge in [-0.3, -0.25) is 9.59 Å². The lowest BCUT2D eigenvalue weighted by atomic mass is 9.96. The van der Waals surface area contributed by atoms with Crippen LogP contribution in [0.5, 0.6) is 5.75 Å². The molecule has 144 valence electrons. The van der Waals surface area contributed by atoms with Crippen LogP contribution in [0.1, 0.15) is 39.5 Å². The average molecular weight is 425 g/mol. The van der Waals surface area contributed by atoms with Crippen LogP contribution >= 0.6 is 15.9 Å². The van der Waals surface area contributed by atoms with E-state index in [1.54, 1.807) is 0 Å². The number of rotatable bonds is 8. The maximum atomic E-state index is 12.4. The number of hydrogen-bond acceptors (Lipinski definition) is 3. The molecule has 0 aliphatic carbocycles. The zero-order valence-electron chi connectivity index (χ0n) is 15.7. The number of halogens is 1. The van der Waals surface area contributed by atoms with Gasteiger partial charge in [-0.05, 0) is 53.2 Å². The maximum absolute atomic E-state index is 12.4. The lowest BCUT2D eigenvalue weighted by molar-refractivity contribution is -0.135. The van der Waals surface area contributed by atoms with Gasteiger partial charge in [0.25, 0.3) is 0 Å². The topological polar surface area (TPSA) is 58.6 Å². The molecular weight excluding hydrogens is 396 g/mol. The summed E-state index contributed by atoms with van der Waals surface area (Å²) in [6.07, 6.45) is 2.86. The smallest absolute Gasteiger partial charge is 0.224 e. The highest BCUT2D eigenvalue weighted by atomic mass is 79.9. The second-order valence-electron chi connectivity index (χ2n) is 7.20. The molecule has 1 N–H and O–H groups in total. The van der Waals surface area contributed by atoms with Crippen molar-refractivity contribution >= 4 is 27.7 Å². The van der Waals surface area contributed by atoms with Crippen molar-refractivity contribution in [1.82, 2.24) is 10.2 Å². The molecule has 6 heteroatoms. The summed E-state index contributed by atoms with van der Waals surface area (Å²) in [5.41, 5.74) is 0. The van der Waals surface area contributed by atoms with Crippen LogP contribution in [0.15, 0.2) is 28.7 Å². The monoisotopic (exact) mass is 424 g/mol. The fourth-order valence-electron chi connectivity index (χ4n) is 2.99. The SMILES string of the molecule is CC(C)CNC(=O)C1CCCN(C(=O)CCCOc2ccccc2Br)C1. The number of carbonyl (C=O) groups is 2. The Hall–Kier alpha value is -1.56. The highest BCUT2D eigenvalue weighted by Gasteiger charge is 2.28. The fraction of sp³-hybridized carbons (Fsp3) is 0.600. The number of nitrogens with one attached hydrogen (secondary N) is 1. The molecule has 1 heterocycles. The van der Waals surface area contributed by atoms with E-state index >= 15 is 0 Å². The number of benzene rings is 1. The number of carbonyl (C=O) groups excluding carboxylic acids is 2. The van der Waals surface area contributed by atoms with E-state index in [9.17, 15) is 9.59 Å². The van der Waals surface area contributed by atoms with E-state index in [0.717, 1.165) is 29.6 Å². The number of amides is 2. The molecule has 1 aliphatic rings.